The zero-order valence-electron chi connectivity index (χ0n) is 12.0. The summed E-state index contributed by atoms with van der Waals surface area (Å²) in [6.45, 7) is 0. The van der Waals surface area contributed by atoms with Crippen LogP contribution in [0.1, 0.15) is 0 Å². The molecule has 10 nitrogen and oxygen atoms in total. The molecule has 0 fully saturated rings. The zero-order chi connectivity index (χ0) is 17.7. The Morgan fingerprint density at radius 1 is 0.750 bits per heavy atom. The zero-order valence-corrected chi connectivity index (χ0v) is 12.0. The number of hydrogen-bond donors (Lipinski definition) is 2. The van der Waals surface area contributed by atoms with Gasteiger partial charge in [-0.3, -0.25) is 29.8 Å². The molecule has 0 unspecified atom stereocenters. The fraction of sp³-hybridized carbons (Fsp3) is 0. The number of nitrogens with one attached hydrogen (secondary N) is 2. The molecule has 0 aliphatic carbocycles. The molecule has 0 aromatic heterocycles. The number of carbonyl (C=O) groups excluding carboxylic acids is 2. The standard InChI is InChI=1S/C14H10N4O6/c19-13(15-9-4-6-11(7-5-9)17(21)22)14(20)16-10-2-1-3-12(8-10)18(23)24/h1-8H,(H,15,19)(H,16,20). The van der Waals surface area contributed by atoms with Gasteiger partial charge in [-0.1, -0.05) is 6.07 Å². The Hall–Kier alpha value is -3.82. The molecular weight excluding hydrogens is 320 g/mol. The molecule has 2 aromatic rings. The van der Waals surface area contributed by atoms with Crippen LogP contribution in [-0.4, -0.2) is 21.7 Å². The Kier molecular flexibility index (Phi) is 4.80. The van der Waals surface area contributed by atoms with Crippen molar-refractivity contribution >= 4 is 34.6 Å². The van der Waals surface area contributed by atoms with Crippen LogP contribution in [0, 0.1) is 20.2 Å². The first kappa shape index (κ1) is 16.5. The Balaban J connectivity index is 2.02. The molecule has 0 saturated heterocycles. The van der Waals surface area contributed by atoms with Crippen molar-refractivity contribution in [3.63, 3.8) is 0 Å². The van der Waals surface area contributed by atoms with Gasteiger partial charge in [-0.05, 0) is 18.2 Å². The highest BCUT2D eigenvalue weighted by Gasteiger charge is 2.16. The Labute approximate surface area is 134 Å². The first-order chi connectivity index (χ1) is 11.4. The molecule has 122 valence electrons. The van der Waals surface area contributed by atoms with E-state index in [2.05, 4.69) is 10.6 Å². The van der Waals surface area contributed by atoms with Gasteiger partial charge in [-0.15, -0.1) is 0 Å². The molecule has 0 aliphatic rings. The number of carbonyl (C=O) groups is 2. The molecular formula is C14H10N4O6. The minimum atomic E-state index is -1.03. The second-order valence-corrected chi connectivity index (χ2v) is 4.52. The normalized spacial score (nSPS) is 9.83. The Bertz CT molecular complexity index is 818. The summed E-state index contributed by atoms with van der Waals surface area (Å²) in [5.74, 6) is -2.05. The lowest BCUT2D eigenvalue weighted by molar-refractivity contribution is -0.385. The minimum Gasteiger partial charge on any atom is -0.318 e. The summed E-state index contributed by atoms with van der Waals surface area (Å²) in [6, 6.07) is 10.0. The average molecular weight is 330 g/mol. The number of rotatable bonds is 4. The van der Waals surface area contributed by atoms with Crippen molar-refractivity contribution in [2.45, 2.75) is 0 Å². The van der Waals surface area contributed by atoms with Crippen LogP contribution in [-0.2, 0) is 9.59 Å². The van der Waals surface area contributed by atoms with E-state index >= 15 is 0 Å². The maximum atomic E-state index is 11.8. The molecule has 10 heteroatoms. The van der Waals surface area contributed by atoms with Crippen LogP contribution in [0.15, 0.2) is 48.5 Å². The molecule has 0 saturated carbocycles. The van der Waals surface area contributed by atoms with Crippen molar-refractivity contribution in [2.24, 2.45) is 0 Å². The summed E-state index contributed by atoms with van der Waals surface area (Å²) in [7, 11) is 0. The lowest BCUT2D eigenvalue weighted by atomic mass is 10.2. The van der Waals surface area contributed by atoms with E-state index in [0.717, 1.165) is 6.07 Å². The van der Waals surface area contributed by atoms with E-state index in [-0.39, 0.29) is 22.7 Å². The smallest absolute Gasteiger partial charge is 0.314 e. The molecule has 0 aliphatic heterocycles. The van der Waals surface area contributed by atoms with Gasteiger partial charge in [0.15, 0.2) is 0 Å². The second kappa shape index (κ2) is 6.96. The lowest BCUT2D eigenvalue weighted by Crippen LogP contribution is -2.29. The largest absolute Gasteiger partial charge is 0.318 e. The molecule has 2 aromatic carbocycles. The third-order valence-corrected chi connectivity index (χ3v) is 2.86. The maximum Gasteiger partial charge on any atom is 0.314 e. The molecule has 0 spiro atoms. The lowest BCUT2D eigenvalue weighted by Gasteiger charge is -2.06. The number of amides is 2. The number of benzene rings is 2. The van der Waals surface area contributed by atoms with Crippen LogP contribution in [0.5, 0.6) is 0 Å². The van der Waals surface area contributed by atoms with E-state index in [4.69, 9.17) is 0 Å². The van der Waals surface area contributed by atoms with Crippen LogP contribution in [0.3, 0.4) is 0 Å². The molecule has 0 bridgehead atoms. The van der Waals surface area contributed by atoms with E-state index in [1.165, 1.54) is 42.5 Å². The highest BCUT2D eigenvalue weighted by Crippen LogP contribution is 2.18. The Morgan fingerprint density at radius 2 is 1.29 bits per heavy atom. The first-order valence-electron chi connectivity index (χ1n) is 6.48. The number of nitro benzene ring substituents is 2. The fourth-order valence-corrected chi connectivity index (χ4v) is 1.74. The fourth-order valence-electron chi connectivity index (χ4n) is 1.74. The summed E-state index contributed by atoms with van der Waals surface area (Å²) in [5.41, 5.74) is -0.106. The van der Waals surface area contributed by atoms with E-state index in [0.29, 0.717) is 0 Å². The summed E-state index contributed by atoms with van der Waals surface area (Å²) < 4.78 is 0. The topological polar surface area (TPSA) is 144 Å². The van der Waals surface area contributed by atoms with Crippen LogP contribution in [0.4, 0.5) is 22.7 Å². The molecule has 2 N–H and O–H groups in total. The van der Waals surface area contributed by atoms with Crippen molar-refractivity contribution in [3.8, 4) is 0 Å². The monoisotopic (exact) mass is 330 g/mol. The molecule has 2 rings (SSSR count). The van der Waals surface area contributed by atoms with Gasteiger partial charge < -0.3 is 10.6 Å². The molecule has 2 amide bonds. The van der Waals surface area contributed by atoms with E-state index < -0.39 is 21.7 Å². The van der Waals surface area contributed by atoms with E-state index in [1.807, 2.05) is 0 Å². The molecule has 0 heterocycles. The molecule has 0 radical (unpaired) electrons. The van der Waals surface area contributed by atoms with Gasteiger partial charge in [0.25, 0.3) is 11.4 Å². The predicted octanol–water partition coefficient (Wildman–Crippen LogP) is 2.08. The van der Waals surface area contributed by atoms with E-state index in [1.54, 1.807) is 0 Å². The van der Waals surface area contributed by atoms with Crippen molar-refractivity contribution in [2.75, 3.05) is 10.6 Å². The summed E-state index contributed by atoms with van der Waals surface area (Å²) in [4.78, 5) is 43.5. The Morgan fingerprint density at radius 3 is 1.83 bits per heavy atom. The molecule has 24 heavy (non-hydrogen) atoms. The van der Waals surface area contributed by atoms with Crippen molar-refractivity contribution in [1.82, 2.24) is 0 Å². The SMILES string of the molecule is O=C(Nc1ccc([N+](=O)[O-])cc1)C(=O)Nc1cccc([N+](=O)[O-])c1. The third-order valence-electron chi connectivity index (χ3n) is 2.86. The van der Waals surface area contributed by atoms with Crippen molar-refractivity contribution < 1.29 is 19.4 Å². The van der Waals surface area contributed by atoms with Crippen LogP contribution in [0.25, 0.3) is 0 Å². The predicted molar refractivity (Wildman–Crippen MR) is 83.5 cm³/mol. The van der Waals surface area contributed by atoms with Gasteiger partial charge in [0.05, 0.1) is 9.85 Å². The minimum absolute atomic E-state index is 0.0908. The first-order valence-corrected chi connectivity index (χ1v) is 6.48. The van der Waals surface area contributed by atoms with Crippen molar-refractivity contribution in [3.05, 3.63) is 68.8 Å². The maximum absolute atomic E-state index is 11.8. The number of anilines is 2. The molecule has 0 atom stereocenters. The summed E-state index contributed by atoms with van der Waals surface area (Å²) in [6.07, 6.45) is 0. The number of nitro groups is 2. The van der Waals surface area contributed by atoms with Gasteiger partial charge >= 0.3 is 11.8 Å². The van der Waals surface area contributed by atoms with Gasteiger partial charge in [0, 0.05) is 35.6 Å². The number of nitrogens with zero attached hydrogens (tertiary/aromatic N) is 2. The van der Waals surface area contributed by atoms with Crippen molar-refractivity contribution in [1.29, 1.82) is 0 Å². The highest BCUT2D eigenvalue weighted by molar-refractivity contribution is 6.43. The summed E-state index contributed by atoms with van der Waals surface area (Å²) >= 11 is 0. The second-order valence-electron chi connectivity index (χ2n) is 4.52. The van der Waals surface area contributed by atoms with E-state index in [9.17, 15) is 29.8 Å². The van der Waals surface area contributed by atoms with Crippen LogP contribution >= 0.6 is 0 Å². The van der Waals surface area contributed by atoms with Crippen LogP contribution < -0.4 is 10.6 Å². The van der Waals surface area contributed by atoms with Gasteiger partial charge in [0.1, 0.15) is 0 Å². The van der Waals surface area contributed by atoms with Gasteiger partial charge in [-0.25, -0.2) is 0 Å². The third kappa shape index (κ3) is 4.10. The highest BCUT2D eigenvalue weighted by atomic mass is 16.6. The quantitative estimate of drug-likeness (QED) is 0.499. The number of hydrogen-bond acceptors (Lipinski definition) is 6. The number of non-ortho nitro benzene ring substituents is 2. The van der Waals surface area contributed by atoms with Gasteiger partial charge in [0.2, 0.25) is 0 Å². The van der Waals surface area contributed by atoms with Gasteiger partial charge in [-0.2, -0.15) is 0 Å². The van der Waals surface area contributed by atoms with Crippen LogP contribution in [0.2, 0.25) is 0 Å². The average Bonchev–Trinajstić information content (AvgIpc) is 2.55. The summed E-state index contributed by atoms with van der Waals surface area (Å²) in [5, 5.41) is 25.7.